The Morgan fingerprint density at radius 2 is 1.75 bits per heavy atom. The van der Waals surface area contributed by atoms with Crippen LogP contribution in [0, 0.1) is 0 Å². The maximum absolute atomic E-state index is 11.5. The average Bonchev–Trinajstić information content (AvgIpc) is 2.54. The SMILES string of the molecule is CC(N)CC(=O)NCCc1ccc(OCc2ccccc2)cc1.Cl. The minimum atomic E-state index is -0.101. The Hall–Kier alpha value is -2.04. The zero-order valence-electron chi connectivity index (χ0n) is 13.9. The topological polar surface area (TPSA) is 64.4 Å². The second kappa shape index (κ2) is 10.7. The van der Waals surface area contributed by atoms with E-state index in [-0.39, 0.29) is 24.4 Å². The first-order chi connectivity index (χ1) is 11.1. The molecular weight excluding hydrogens is 324 g/mol. The molecule has 0 radical (unpaired) electrons. The molecule has 2 aromatic carbocycles. The molecular formula is C19H25ClN2O2. The lowest BCUT2D eigenvalue weighted by molar-refractivity contribution is -0.121. The van der Waals surface area contributed by atoms with Gasteiger partial charge in [-0.05, 0) is 36.6 Å². The molecule has 2 aromatic rings. The van der Waals surface area contributed by atoms with Gasteiger partial charge < -0.3 is 15.8 Å². The van der Waals surface area contributed by atoms with E-state index in [0.29, 0.717) is 19.6 Å². The van der Waals surface area contributed by atoms with Gasteiger partial charge in [-0.15, -0.1) is 12.4 Å². The van der Waals surface area contributed by atoms with Crippen molar-refractivity contribution in [2.75, 3.05) is 6.54 Å². The van der Waals surface area contributed by atoms with Crippen molar-refractivity contribution in [2.24, 2.45) is 5.73 Å². The van der Waals surface area contributed by atoms with E-state index >= 15 is 0 Å². The molecule has 0 spiro atoms. The lowest BCUT2D eigenvalue weighted by Gasteiger charge is -2.09. The van der Waals surface area contributed by atoms with Crippen molar-refractivity contribution in [2.45, 2.75) is 32.4 Å². The summed E-state index contributed by atoms with van der Waals surface area (Å²) in [5.74, 6) is 0.849. The van der Waals surface area contributed by atoms with Crippen molar-refractivity contribution in [1.29, 1.82) is 0 Å². The molecule has 0 aliphatic heterocycles. The smallest absolute Gasteiger partial charge is 0.221 e. The zero-order valence-corrected chi connectivity index (χ0v) is 14.7. The summed E-state index contributed by atoms with van der Waals surface area (Å²) >= 11 is 0. The van der Waals surface area contributed by atoms with Crippen LogP contribution in [0.5, 0.6) is 5.75 Å². The minimum Gasteiger partial charge on any atom is -0.489 e. The van der Waals surface area contributed by atoms with Gasteiger partial charge in [0.05, 0.1) is 0 Å². The van der Waals surface area contributed by atoms with E-state index in [1.807, 2.05) is 61.5 Å². The lowest BCUT2D eigenvalue weighted by Crippen LogP contribution is -2.31. The number of nitrogens with one attached hydrogen (secondary N) is 1. The van der Waals surface area contributed by atoms with Gasteiger partial charge in [-0.3, -0.25) is 4.79 Å². The maximum Gasteiger partial charge on any atom is 0.221 e. The van der Waals surface area contributed by atoms with Crippen LogP contribution in [0.2, 0.25) is 0 Å². The summed E-state index contributed by atoms with van der Waals surface area (Å²) < 4.78 is 5.75. The Balaban J connectivity index is 0.00000288. The zero-order chi connectivity index (χ0) is 16.5. The highest BCUT2D eigenvalue weighted by molar-refractivity contribution is 5.85. The summed E-state index contributed by atoms with van der Waals surface area (Å²) in [6.45, 7) is 3.01. The fourth-order valence-electron chi connectivity index (χ4n) is 2.20. The summed E-state index contributed by atoms with van der Waals surface area (Å²) in [7, 11) is 0. The second-order valence-corrected chi connectivity index (χ2v) is 5.70. The number of carbonyl (C=O) groups is 1. The number of amides is 1. The van der Waals surface area contributed by atoms with Crippen molar-refractivity contribution < 1.29 is 9.53 Å². The van der Waals surface area contributed by atoms with Crippen molar-refractivity contribution in [3.05, 3.63) is 65.7 Å². The fraction of sp³-hybridized carbons (Fsp3) is 0.316. The van der Waals surface area contributed by atoms with Crippen LogP contribution in [0.4, 0.5) is 0 Å². The van der Waals surface area contributed by atoms with Crippen molar-refractivity contribution >= 4 is 18.3 Å². The van der Waals surface area contributed by atoms with Crippen molar-refractivity contribution in [3.63, 3.8) is 0 Å². The fourth-order valence-corrected chi connectivity index (χ4v) is 2.20. The molecule has 130 valence electrons. The van der Waals surface area contributed by atoms with Crippen LogP contribution >= 0.6 is 12.4 Å². The number of ether oxygens (including phenoxy) is 1. The van der Waals surface area contributed by atoms with Gasteiger partial charge in [-0.1, -0.05) is 42.5 Å². The standard InChI is InChI=1S/C19H24N2O2.ClH/c1-15(20)13-19(22)21-12-11-16-7-9-18(10-8-16)23-14-17-5-3-2-4-6-17;/h2-10,15H,11-14,20H2,1H3,(H,21,22);1H. The number of benzene rings is 2. The van der Waals surface area contributed by atoms with Gasteiger partial charge in [0.1, 0.15) is 12.4 Å². The molecule has 3 N–H and O–H groups in total. The molecule has 0 aromatic heterocycles. The second-order valence-electron chi connectivity index (χ2n) is 5.70. The number of rotatable bonds is 8. The van der Waals surface area contributed by atoms with E-state index in [2.05, 4.69) is 5.32 Å². The number of halogens is 1. The van der Waals surface area contributed by atoms with E-state index in [1.54, 1.807) is 0 Å². The molecule has 0 aliphatic carbocycles. The molecule has 2 rings (SSSR count). The average molecular weight is 349 g/mol. The molecule has 0 bridgehead atoms. The monoisotopic (exact) mass is 348 g/mol. The Kier molecular flexibility index (Phi) is 8.90. The highest BCUT2D eigenvalue weighted by atomic mass is 35.5. The van der Waals surface area contributed by atoms with E-state index in [9.17, 15) is 4.79 Å². The first-order valence-corrected chi connectivity index (χ1v) is 7.91. The van der Waals surface area contributed by atoms with Crippen molar-refractivity contribution in [3.8, 4) is 5.75 Å². The summed E-state index contributed by atoms with van der Waals surface area (Å²) in [6.07, 6.45) is 1.16. The largest absolute Gasteiger partial charge is 0.489 e. The molecule has 0 saturated carbocycles. The van der Waals surface area contributed by atoms with Gasteiger partial charge >= 0.3 is 0 Å². The first-order valence-electron chi connectivity index (χ1n) is 7.91. The van der Waals surface area contributed by atoms with Gasteiger partial charge in [-0.2, -0.15) is 0 Å². The predicted molar refractivity (Wildman–Crippen MR) is 99.4 cm³/mol. The number of nitrogens with two attached hydrogens (primary N) is 1. The van der Waals surface area contributed by atoms with Crippen LogP contribution < -0.4 is 15.8 Å². The number of hydrogen-bond acceptors (Lipinski definition) is 3. The molecule has 24 heavy (non-hydrogen) atoms. The lowest BCUT2D eigenvalue weighted by atomic mass is 10.1. The Morgan fingerprint density at radius 3 is 2.38 bits per heavy atom. The van der Waals surface area contributed by atoms with Crippen LogP contribution in [0.25, 0.3) is 0 Å². The first kappa shape index (κ1) is 20.0. The minimum absolute atomic E-state index is 0. The molecule has 1 amide bonds. The third kappa shape index (κ3) is 7.49. The summed E-state index contributed by atoms with van der Waals surface area (Å²) in [4.78, 5) is 11.5. The maximum atomic E-state index is 11.5. The Morgan fingerprint density at radius 1 is 1.08 bits per heavy atom. The van der Waals surface area contributed by atoms with Crippen LogP contribution in [-0.4, -0.2) is 18.5 Å². The quantitative estimate of drug-likeness (QED) is 0.770. The van der Waals surface area contributed by atoms with Gasteiger partial charge in [0.25, 0.3) is 0 Å². The van der Waals surface area contributed by atoms with E-state index in [0.717, 1.165) is 23.3 Å². The van der Waals surface area contributed by atoms with E-state index < -0.39 is 0 Å². The summed E-state index contributed by atoms with van der Waals surface area (Å²) in [5, 5.41) is 2.87. The molecule has 0 saturated heterocycles. The van der Waals surface area contributed by atoms with Crippen molar-refractivity contribution in [1.82, 2.24) is 5.32 Å². The third-order valence-electron chi connectivity index (χ3n) is 3.41. The van der Waals surface area contributed by atoms with Gasteiger partial charge in [0.2, 0.25) is 5.91 Å². The predicted octanol–water partition coefficient (Wildman–Crippen LogP) is 3.08. The molecule has 1 unspecified atom stereocenters. The molecule has 0 aliphatic rings. The van der Waals surface area contributed by atoms with Crippen LogP contribution in [-0.2, 0) is 17.8 Å². The number of carbonyl (C=O) groups excluding carboxylic acids is 1. The third-order valence-corrected chi connectivity index (χ3v) is 3.41. The normalized spacial score (nSPS) is 11.2. The summed E-state index contributed by atoms with van der Waals surface area (Å²) in [5.41, 5.74) is 7.90. The van der Waals surface area contributed by atoms with Gasteiger partial charge in [0.15, 0.2) is 0 Å². The highest BCUT2D eigenvalue weighted by Crippen LogP contribution is 2.14. The Labute approximate surface area is 149 Å². The molecule has 0 fully saturated rings. The van der Waals surface area contributed by atoms with Crippen LogP contribution in [0.15, 0.2) is 54.6 Å². The van der Waals surface area contributed by atoms with Gasteiger partial charge in [-0.25, -0.2) is 0 Å². The van der Waals surface area contributed by atoms with E-state index in [1.165, 1.54) is 0 Å². The molecule has 5 heteroatoms. The highest BCUT2D eigenvalue weighted by Gasteiger charge is 2.04. The van der Waals surface area contributed by atoms with E-state index in [4.69, 9.17) is 10.5 Å². The molecule has 1 atom stereocenters. The molecule has 4 nitrogen and oxygen atoms in total. The number of hydrogen-bond donors (Lipinski definition) is 2. The van der Waals surface area contributed by atoms with Crippen LogP contribution in [0.3, 0.4) is 0 Å². The Bertz CT molecular complexity index is 601. The van der Waals surface area contributed by atoms with Crippen LogP contribution in [0.1, 0.15) is 24.5 Å². The summed E-state index contributed by atoms with van der Waals surface area (Å²) in [6, 6.07) is 17.9. The molecule has 0 heterocycles. The van der Waals surface area contributed by atoms with Gasteiger partial charge in [0, 0.05) is 19.0 Å².